The number of carbonyl (C=O) groups excluding carboxylic acids is 1. The van der Waals surface area contributed by atoms with Crippen LogP contribution in [0.4, 0.5) is 0 Å². The van der Waals surface area contributed by atoms with E-state index in [1.54, 1.807) is 11.3 Å². The minimum Gasteiger partial charge on any atom is -0.297 e. The zero-order valence-electron chi connectivity index (χ0n) is 9.11. The lowest BCUT2D eigenvalue weighted by Gasteiger charge is -2.30. The fourth-order valence-corrected chi connectivity index (χ4v) is 4.47. The Bertz CT molecular complexity index is 380. The van der Waals surface area contributed by atoms with Crippen LogP contribution in [-0.4, -0.2) is 41.8 Å². The third kappa shape index (κ3) is 3.09. The van der Waals surface area contributed by atoms with E-state index < -0.39 is 0 Å². The highest BCUT2D eigenvalue weighted by atomic mass is 79.9. The number of halogens is 1. The lowest BCUT2D eigenvalue weighted by Crippen LogP contribution is -2.45. The van der Waals surface area contributed by atoms with Gasteiger partial charge in [-0.25, -0.2) is 0 Å². The van der Waals surface area contributed by atoms with Crippen molar-refractivity contribution in [2.75, 3.05) is 25.1 Å². The summed E-state index contributed by atoms with van der Waals surface area (Å²) in [5.41, 5.74) is 0. The molecule has 0 radical (unpaired) electrons. The van der Waals surface area contributed by atoms with E-state index in [4.69, 9.17) is 0 Å². The Hall–Kier alpha value is 0.160. The van der Waals surface area contributed by atoms with Crippen LogP contribution in [0.15, 0.2) is 15.9 Å². The van der Waals surface area contributed by atoms with E-state index >= 15 is 0 Å². The number of thioether (sulfide) groups is 1. The summed E-state index contributed by atoms with van der Waals surface area (Å²) >= 11 is 6.95. The van der Waals surface area contributed by atoms with Crippen LogP contribution >= 0.6 is 39.0 Å². The first-order valence-electron chi connectivity index (χ1n) is 5.20. The van der Waals surface area contributed by atoms with E-state index in [9.17, 15) is 4.79 Å². The van der Waals surface area contributed by atoms with Crippen molar-refractivity contribution in [1.29, 1.82) is 0 Å². The molecule has 1 aromatic heterocycles. The number of Topliss-reactive ketones (excluding diaryl/α,β-unsaturated/α-hetero) is 1. The van der Waals surface area contributed by atoms with Gasteiger partial charge >= 0.3 is 0 Å². The van der Waals surface area contributed by atoms with Crippen molar-refractivity contribution in [1.82, 2.24) is 4.90 Å². The van der Waals surface area contributed by atoms with Crippen LogP contribution in [0.3, 0.4) is 0 Å². The maximum absolute atomic E-state index is 12.1. The van der Waals surface area contributed by atoms with E-state index in [1.165, 1.54) is 0 Å². The van der Waals surface area contributed by atoms with Crippen molar-refractivity contribution >= 4 is 44.8 Å². The number of nitrogens with zero attached hydrogens (tertiary/aromatic N) is 1. The van der Waals surface area contributed by atoms with Crippen LogP contribution in [0.25, 0.3) is 0 Å². The molecule has 2 nitrogen and oxygen atoms in total. The van der Waals surface area contributed by atoms with Crippen LogP contribution in [0.5, 0.6) is 0 Å². The van der Waals surface area contributed by atoms with Crippen LogP contribution < -0.4 is 0 Å². The predicted octanol–water partition coefficient (Wildman–Crippen LogP) is 2.67. The second kappa shape index (κ2) is 5.67. The van der Waals surface area contributed by atoms with Gasteiger partial charge in [-0.2, -0.15) is 11.8 Å². The molecule has 0 spiro atoms. The van der Waals surface area contributed by atoms with E-state index in [0.29, 0.717) is 12.2 Å². The Morgan fingerprint density at radius 1 is 1.69 bits per heavy atom. The topological polar surface area (TPSA) is 20.3 Å². The Labute approximate surface area is 113 Å². The molecular weight excluding hydrogens is 306 g/mol. The van der Waals surface area contributed by atoms with Gasteiger partial charge in [0.25, 0.3) is 0 Å². The molecule has 0 aliphatic carbocycles. The van der Waals surface area contributed by atoms with Gasteiger partial charge in [0, 0.05) is 39.2 Å². The van der Waals surface area contributed by atoms with Crippen LogP contribution in [0, 0.1) is 0 Å². The third-order valence-corrected chi connectivity index (χ3v) is 5.46. The maximum Gasteiger partial charge on any atom is 0.155 e. The number of thiophene rings is 1. The molecule has 2 rings (SSSR count). The van der Waals surface area contributed by atoms with Gasteiger partial charge in [0.05, 0.1) is 6.04 Å². The Morgan fingerprint density at radius 2 is 2.50 bits per heavy atom. The lowest BCUT2D eigenvalue weighted by molar-refractivity contribution is -0.122. The van der Waals surface area contributed by atoms with Crippen LogP contribution in [-0.2, 0) is 11.2 Å². The average Bonchev–Trinajstić information content (AvgIpc) is 2.64. The molecule has 1 saturated heterocycles. The summed E-state index contributed by atoms with van der Waals surface area (Å²) in [5.74, 6) is 2.44. The number of carbonyl (C=O) groups is 1. The summed E-state index contributed by atoms with van der Waals surface area (Å²) in [5, 5.41) is 2.03. The molecule has 0 aromatic carbocycles. The zero-order valence-corrected chi connectivity index (χ0v) is 12.3. The second-order valence-electron chi connectivity index (χ2n) is 3.95. The molecular formula is C11H14BrNOS2. The fraction of sp³-hybridized carbons (Fsp3) is 0.545. The molecule has 0 saturated carbocycles. The smallest absolute Gasteiger partial charge is 0.155 e. The molecule has 0 N–H and O–H groups in total. The average molecular weight is 320 g/mol. The van der Waals surface area contributed by atoms with Crippen molar-refractivity contribution in [3.63, 3.8) is 0 Å². The minimum absolute atomic E-state index is 0.111. The van der Waals surface area contributed by atoms with Gasteiger partial charge in [-0.05, 0) is 29.0 Å². The first-order valence-corrected chi connectivity index (χ1v) is 8.03. The molecule has 0 amide bonds. The standard InChI is InChI=1S/C11H14BrNOS2/c1-13-2-3-15-7-10(13)11(14)5-9-4-8(12)6-16-9/h4,6,10H,2-3,5,7H2,1H3. The highest BCUT2D eigenvalue weighted by Crippen LogP contribution is 2.22. The molecule has 88 valence electrons. The molecule has 16 heavy (non-hydrogen) atoms. The van der Waals surface area contributed by atoms with Gasteiger partial charge < -0.3 is 0 Å². The molecule has 1 fully saturated rings. The van der Waals surface area contributed by atoms with Crippen molar-refractivity contribution in [2.45, 2.75) is 12.5 Å². The van der Waals surface area contributed by atoms with Gasteiger partial charge in [0.2, 0.25) is 0 Å². The summed E-state index contributed by atoms with van der Waals surface area (Å²) in [6, 6.07) is 2.15. The first-order chi connectivity index (χ1) is 7.66. The van der Waals surface area contributed by atoms with Gasteiger partial charge in [-0.3, -0.25) is 9.69 Å². The Morgan fingerprint density at radius 3 is 3.12 bits per heavy atom. The van der Waals surface area contributed by atoms with Crippen LogP contribution in [0.2, 0.25) is 0 Å². The molecule has 1 aromatic rings. The number of rotatable bonds is 3. The summed E-state index contributed by atoms with van der Waals surface area (Å²) in [6.07, 6.45) is 0.575. The SMILES string of the molecule is CN1CCSCC1C(=O)Cc1cc(Br)cs1. The number of likely N-dealkylation sites (N-methyl/N-ethyl adjacent to an activating group) is 1. The van der Waals surface area contributed by atoms with Crippen molar-refractivity contribution in [3.05, 3.63) is 20.8 Å². The molecule has 5 heteroatoms. The monoisotopic (exact) mass is 319 g/mol. The largest absolute Gasteiger partial charge is 0.297 e. The normalized spacial score (nSPS) is 22.2. The Kier molecular flexibility index (Phi) is 4.47. The van der Waals surface area contributed by atoms with E-state index in [1.807, 2.05) is 30.3 Å². The molecule has 1 unspecified atom stereocenters. The molecule has 2 heterocycles. The number of hydrogen-bond donors (Lipinski definition) is 0. The highest BCUT2D eigenvalue weighted by Gasteiger charge is 2.26. The van der Waals surface area contributed by atoms with Gasteiger partial charge in [0.1, 0.15) is 0 Å². The lowest BCUT2D eigenvalue weighted by atomic mass is 10.1. The minimum atomic E-state index is 0.111. The summed E-state index contributed by atoms with van der Waals surface area (Å²) in [4.78, 5) is 15.5. The molecule has 0 bridgehead atoms. The first kappa shape index (κ1) is 12.6. The van der Waals surface area contributed by atoms with E-state index in [2.05, 4.69) is 20.8 Å². The zero-order chi connectivity index (χ0) is 11.5. The maximum atomic E-state index is 12.1. The van der Waals surface area contributed by atoms with E-state index in [0.717, 1.165) is 27.4 Å². The summed E-state index contributed by atoms with van der Waals surface area (Å²) in [7, 11) is 2.05. The Balaban J connectivity index is 1.96. The predicted molar refractivity (Wildman–Crippen MR) is 74.5 cm³/mol. The van der Waals surface area contributed by atoms with Gasteiger partial charge in [-0.15, -0.1) is 11.3 Å². The highest BCUT2D eigenvalue weighted by molar-refractivity contribution is 9.10. The molecule has 1 atom stereocenters. The van der Waals surface area contributed by atoms with Crippen molar-refractivity contribution < 1.29 is 4.79 Å². The van der Waals surface area contributed by atoms with Crippen molar-refractivity contribution in [2.24, 2.45) is 0 Å². The summed E-state index contributed by atoms with van der Waals surface area (Å²) in [6.45, 7) is 1.02. The van der Waals surface area contributed by atoms with Gasteiger partial charge in [-0.1, -0.05) is 0 Å². The van der Waals surface area contributed by atoms with Gasteiger partial charge in [0.15, 0.2) is 5.78 Å². The number of hydrogen-bond acceptors (Lipinski definition) is 4. The fourth-order valence-electron chi connectivity index (χ4n) is 1.76. The third-order valence-electron chi connectivity index (χ3n) is 2.74. The second-order valence-corrected chi connectivity index (χ2v) is 7.01. The summed E-state index contributed by atoms with van der Waals surface area (Å²) < 4.78 is 1.08. The van der Waals surface area contributed by atoms with Crippen molar-refractivity contribution in [3.8, 4) is 0 Å². The number of ketones is 1. The molecule has 1 aliphatic heterocycles. The van der Waals surface area contributed by atoms with E-state index in [-0.39, 0.29) is 6.04 Å². The molecule has 1 aliphatic rings. The quantitative estimate of drug-likeness (QED) is 0.854. The van der Waals surface area contributed by atoms with Crippen LogP contribution in [0.1, 0.15) is 4.88 Å².